The largest absolute Gasteiger partial charge is 0.271 e. The zero-order chi connectivity index (χ0) is 12.7. The SMILES string of the molecule is CC(C)n1ncnc1CC(NN)C1C2CCCC21. The second-order valence-corrected chi connectivity index (χ2v) is 6.03. The molecule has 2 aliphatic carbocycles. The summed E-state index contributed by atoms with van der Waals surface area (Å²) in [6.45, 7) is 4.27. The van der Waals surface area contributed by atoms with E-state index in [0.29, 0.717) is 12.1 Å². The molecule has 0 radical (unpaired) electrons. The van der Waals surface area contributed by atoms with Gasteiger partial charge in [0.1, 0.15) is 12.2 Å². The Morgan fingerprint density at radius 1 is 1.44 bits per heavy atom. The number of nitrogens with two attached hydrogens (primary N) is 1. The Balaban J connectivity index is 1.68. The van der Waals surface area contributed by atoms with Gasteiger partial charge in [-0.2, -0.15) is 5.10 Å². The van der Waals surface area contributed by atoms with Crippen molar-refractivity contribution in [3.63, 3.8) is 0 Å². The third-order valence-electron chi connectivity index (χ3n) is 4.69. The maximum Gasteiger partial charge on any atom is 0.138 e. The summed E-state index contributed by atoms with van der Waals surface area (Å²) >= 11 is 0. The summed E-state index contributed by atoms with van der Waals surface area (Å²) in [6, 6.07) is 0.724. The number of nitrogens with zero attached hydrogens (tertiary/aromatic N) is 3. The number of hydrogen-bond donors (Lipinski definition) is 2. The van der Waals surface area contributed by atoms with Crippen molar-refractivity contribution in [3.8, 4) is 0 Å². The van der Waals surface area contributed by atoms with Crippen LogP contribution in [0.25, 0.3) is 0 Å². The predicted molar refractivity (Wildman–Crippen MR) is 69.5 cm³/mol. The molecule has 100 valence electrons. The van der Waals surface area contributed by atoms with Crippen molar-refractivity contribution in [2.75, 3.05) is 0 Å². The Hall–Kier alpha value is -0.940. The lowest BCUT2D eigenvalue weighted by Crippen LogP contribution is -2.40. The Morgan fingerprint density at radius 2 is 2.17 bits per heavy atom. The van der Waals surface area contributed by atoms with Crippen LogP contribution < -0.4 is 11.3 Å². The maximum absolute atomic E-state index is 5.75. The maximum atomic E-state index is 5.75. The Morgan fingerprint density at radius 3 is 2.78 bits per heavy atom. The van der Waals surface area contributed by atoms with Crippen LogP contribution in [0, 0.1) is 17.8 Å². The summed E-state index contributed by atoms with van der Waals surface area (Å²) < 4.78 is 2.00. The van der Waals surface area contributed by atoms with Gasteiger partial charge in [-0.1, -0.05) is 6.42 Å². The fourth-order valence-corrected chi connectivity index (χ4v) is 3.83. The van der Waals surface area contributed by atoms with E-state index in [4.69, 9.17) is 5.84 Å². The van der Waals surface area contributed by atoms with Crippen molar-refractivity contribution in [2.24, 2.45) is 23.6 Å². The van der Waals surface area contributed by atoms with Crippen LogP contribution in [0.3, 0.4) is 0 Å². The van der Waals surface area contributed by atoms with Crippen molar-refractivity contribution in [1.29, 1.82) is 0 Å². The van der Waals surface area contributed by atoms with Crippen molar-refractivity contribution in [3.05, 3.63) is 12.2 Å². The Kier molecular flexibility index (Phi) is 3.11. The third-order valence-corrected chi connectivity index (χ3v) is 4.69. The van der Waals surface area contributed by atoms with E-state index in [2.05, 4.69) is 29.4 Å². The van der Waals surface area contributed by atoms with Gasteiger partial charge in [-0.3, -0.25) is 11.3 Å². The molecule has 2 saturated carbocycles. The molecule has 1 aromatic rings. The standard InChI is InChI=1S/C13H23N5/c1-8(2)18-12(15-7-16-18)6-11(17-14)13-9-4-3-5-10(9)13/h7-11,13,17H,3-6,14H2,1-2H3. The van der Waals surface area contributed by atoms with Crippen molar-refractivity contribution in [2.45, 2.75) is 51.6 Å². The molecule has 0 amide bonds. The highest BCUT2D eigenvalue weighted by Gasteiger charge is 2.55. The highest BCUT2D eigenvalue weighted by atomic mass is 15.3. The normalized spacial score (nSPS) is 31.7. The molecule has 2 fully saturated rings. The molecule has 0 aliphatic heterocycles. The van der Waals surface area contributed by atoms with E-state index in [1.807, 2.05) is 4.68 Å². The molecule has 3 atom stereocenters. The van der Waals surface area contributed by atoms with Crippen LogP contribution in [0.2, 0.25) is 0 Å². The molecule has 0 aromatic carbocycles. The van der Waals surface area contributed by atoms with Gasteiger partial charge in [0, 0.05) is 18.5 Å². The molecule has 0 saturated heterocycles. The molecule has 18 heavy (non-hydrogen) atoms. The lowest BCUT2D eigenvalue weighted by molar-refractivity contribution is 0.389. The van der Waals surface area contributed by atoms with E-state index in [0.717, 1.165) is 30.0 Å². The van der Waals surface area contributed by atoms with Gasteiger partial charge in [0.15, 0.2) is 0 Å². The molecule has 5 heteroatoms. The molecule has 2 aliphatic rings. The zero-order valence-electron chi connectivity index (χ0n) is 11.2. The zero-order valence-corrected chi connectivity index (χ0v) is 11.2. The number of hydrogen-bond acceptors (Lipinski definition) is 4. The molecule has 3 unspecified atom stereocenters. The van der Waals surface area contributed by atoms with E-state index in [-0.39, 0.29) is 0 Å². The van der Waals surface area contributed by atoms with Crippen molar-refractivity contribution in [1.82, 2.24) is 20.2 Å². The molecule has 5 nitrogen and oxygen atoms in total. The van der Waals surface area contributed by atoms with Gasteiger partial charge >= 0.3 is 0 Å². The Bertz CT molecular complexity index is 403. The first-order valence-electron chi connectivity index (χ1n) is 7.07. The van der Waals surface area contributed by atoms with Gasteiger partial charge in [-0.05, 0) is 44.4 Å². The molecular formula is C13H23N5. The molecule has 1 heterocycles. The number of nitrogens with one attached hydrogen (secondary N) is 1. The van der Waals surface area contributed by atoms with E-state index >= 15 is 0 Å². The van der Waals surface area contributed by atoms with Crippen molar-refractivity contribution >= 4 is 0 Å². The van der Waals surface area contributed by atoms with E-state index in [1.54, 1.807) is 6.33 Å². The van der Waals surface area contributed by atoms with Gasteiger partial charge < -0.3 is 0 Å². The number of hydrazine groups is 1. The van der Waals surface area contributed by atoms with Gasteiger partial charge in [0.2, 0.25) is 0 Å². The average Bonchev–Trinajstić information content (AvgIpc) is 2.76. The van der Waals surface area contributed by atoms with E-state index < -0.39 is 0 Å². The number of aromatic nitrogens is 3. The molecule has 3 N–H and O–H groups in total. The smallest absolute Gasteiger partial charge is 0.138 e. The number of fused-ring (bicyclic) bond motifs is 1. The summed E-state index contributed by atoms with van der Waals surface area (Å²) in [5.41, 5.74) is 3.02. The van der Waals surface area contributed by atoms with Crippen molar-refractivity contribution < 1.29 is 0 Å². The third kappa shape index (κ3) is 1.95. The van der Waals surface area contributed by atoms with Gasteiger partial charge in [-0.15, -0.1) is 0 Å². The monoisotopic (exact) mass is 249 g/mol. The summed E-state index contributed by atoms with van der Waals surface area (Å²) in [4.78, 5) is 4.39. The van der Waals surface area contributed by atoms with E-state index in [1.165, 1.54) is 19.3 Å². The first kappa shape index (κ1) is 12.1. The first-order chi connectivity index (χ1) is 8.72. The quantitative estimate of drug-likeness (QED) is 0.609. The van der Waals surface area contributed by atoms with E-state index in [9.17, 15) is 0 Å². The second kappa shape index (κ2) is 4.63. The minimum Gasteiger partial charge on any atom is -0.271 e. The second-order valence-electron chi connectivity index (χ2n) is 6.03. The highest BCUT2D eigenvalue weighted by Crippen LogP contribution is 2.59. The molecule has 0 spiro atoms. The molecular weight excluding hydrogens is 226 g/mol. The molecule has 0 bridgehead atoms. The summed E-state index contributed by atoms with van der Waals surface area (Å²) in [5.74, 6) is 9.41. The predicted octanol–water partition coefficient (Wildman–Crippen LogP) is 1.28. The van der Waals surface area contributed by atoms with Crippen LogP contribution in [0.1, 0.15) is 45.0 Å². The molecule has 1 aromatic heterocycles. The average molecular weight is 249 g/mol. The summed E-state index contributed by atoms with van der Waals surface area (Å²) in [7, 11) is 0. The van der Waals surface area contributed by atoms with Crippen LogP contribution >= 0.6 is 0 Å². The van der Waals surface area contributed by atoms with Crippen LogP contribution in [0.4, 0.5) is 0 Å². The van der Waals surface area contributed by atoms with Crippen LogP contribution in [-0.4, -0.2) is 20.8 Å². The van der Waals surface area contributed by atoms with Crippen LogP contribution in [-0.2, 0) is 6.42 Å². The Labute approximate surface area is 108 Å². The topological polar surface area (TPSA) is 68.8 Å². The fourth-order valence-electron chi connectivity index (χ4n) is 3.83. The minimum atomic E-state index is 0.361. The summed E-state index contributed by atoms with van der Waals surface area (Å²) in [6.07, 6.45) is 6.74. The lowest BCUT2D eigenvalue weighted by atomic mass is 10.0. The number of rotatable bonds is 5. The van der Waals surface area contributed by atoms with Gasteiger partial charge in [0.05, 0.1) is 0 Å². The van der Waals surface area contributed by atoms with Crippen LogP contribution in [0.5, 0.6) is 0 Å². The lowest BCUT2D eigenvalue weighted by Gasteiger charge is -2.18. The highest BCUT2D eigenvalue weighted by molar-refractivity contribution is 5.08. The first-order valence-corrected chi connectivity index (χ1v) is 7.07. The molecule has 3 rings (SSSR count). The fraction of sp³-hybridized carbons (Fsp3) is 0.846. The van der Waals surface area contributed by atoms with Gasteiger partial charge in [-0.25, -0.2) is 9.67 Å². The van der Waals surface area contributed by atoms with Gasteiger partial charge in [0.25, 0.3) is 0 Å². The summed E-state index contributed by atoms with van der Waals surface area (Å²) in [5, 5.41) is 4.29. The minimum absolute atomic E-state index is 0.361. The van der Waals surface area contributed by atoms with Crippen LogP contribution in [0.15, 0.2) is 6.33 Å².